The molecule has 1 aliphatic carbocycles. The van der Waals surface area contributed by atoms with Crippen LogP contribution >= 0.6 is 0 Å². The van der Waals surface area contributed by atoms with Crippen molar-refractivity contribution in [3.63, 3.8) is 0 Å². The fourth-order valence-electron chi connectivity index (χ4n) is 3.40. The summed E-state index contributed by atoms with van der Waals surface area (Å²) in [4.78, 5) is 24.1. The first-order valence-electron chi connectivity index (χ1n) is 9.15. The van der Waals surface area contributed by atoms with Gasteiger partial charge in [0.1, 0.15) is 6.10 Å². The molecule has 0 saturated heterocycles. The fourth-order valence-corrected chi connectivity index (χ4v) is 3.40. The number of nitrogen functional groups attached to an aromatic ring is 1. The molecule has 2 heterocycles. The van der Waals surface area contributed by atoms with Gasteiger partial charge in [-0.1, -0.05) is 32.1 Å². The second-order valence-corrected chi connectivity index (χ2v) is 6.58. The summed E-state index contributed by atoms with van der Waals surface area (Å²) in [6.07, 6.45) is 10.5. The van der Waals surface area contributed by atoms with E-state index in [0.29, 0.717) is 24.1 Å². The Morgan fingerprint density at radius 1 is 0.962 bits per heavy atom. The Morgan fingerprint density at radius 3 is 2.42 bits per heavy atom. The van der Waals surface area contributed by atoms with Gasteiger partial charge in [0.2, 0.25) is 5.82 Å². The molecule has 1 unspecified atom stereocenters. The lowest BCUT2D eigenvalue weighted by molar-refractivity contribution is -0.143. The number of hydrogen-bond acceptors (Lipinski definition) is 8. The van der Waals surface area contributed by atoms with E-state index in [1.54, 1.807) is 0 Å². The Kier molecular flexibility index (Phi) is 6.17. The van der Waals surface area contributed by atoms with E-state index in [-0.39, 0.29) is 11.6 Å². The van der Waals surface area contributed by atoms with E-state index in [2.05, 4.69) is 15.6 Å². The molecule has 8 nitrogen and oxygen atoms in total. The molecule has 2 aliphatic rings. The van der Waals surface area contributed by atoms with Gasteiger partial charge in [0.15, 0.2) is 5.75 Å². The number of rotatable bonds is 1. The van der Waals surface area contributed by atoms with Gasteiger partial charge in [-0.3, -0.25) is 0 Å². The number of carbonyl (C=O) groups excluding carboxylic acids is 2. The van der Waals surface area contributed by atoms with Crippen LogP contribution in [-0.2, 0) is 20.7 Å². The summed E-state index contributed by atoms with van der Waals surface area (Å²) in [5, 5.41) is 8.31. The lowest BCUT2D eigenvalue weighted by Gasteiger charge is -2.23. The van der Waals surface area contributed by atoms with Gasteiger partial charge in [0.25, 0.3) is 0 Å². The van der Waals surface area contributed by atoms with Crippen molar-refractivity contribution in [2.45, 2.75) is 63.9 Å². The van der Waals surface area contributed by atoms with Gasteiger partial charge in [-0.2, -0.15) is 5.10 Å². The van der Waals surface area contributed by atoms with Crippen molar-refractivity contribution in [2.75, 3.05) is 5.43 Å². The molecule has 1 atom stereocenters. The number of anilines is 1. The van der Waals surface area contributed by atoms with Crippen LogP contribution in [0.5, 0.6) is 5.75 Å². The van der Waals surface area contributed by atoms with Crippen LogP contribution in [0, 0.1) is 0 Å². The molecule has 0 saturated carbocycles. The summed E-state index contributed by atoms with van der Waals surface area (Å²) in [6, 6.07) is 0. The summed E-state index contributed by atoms with van der Waals surface area (Å²) in [7, 11) is 0. The average molecular weight is 360 g/mol. The SMILES string of the molecule is NNc1nnc2c3c1OC(=O)/C=C/C(=O)OC3CCCCCCCCC2. The molecule has 0 amide bonds. The van der Waals surface area contributed by atoms with Crippen molar-refractivity contribution in [3.05, 3.63) is 23.4 Å². The third-order valence-electron chi connectivity index (χ3n) is 4.70. The Labute approximate surface area is 152 Å². The van der Waals surface area contributed by atoms with Crippen LogP contribution in [0.2, 0.25) is 0 Å². The van der Waals surface area contributed by atoms with E-state index in [4.69, 9.17) is 15.3 Å². The molecule has 1 aliphatic heterocycles. The van der Waals surface area contributed by atoms with E-state index in [9.17, 15) is 9.59 Å². The maximum Gasteiger partial charge on any atom is 0.336 e. The van der Waals surface area contributed by atoms with Gasteiger partial charge in [-0.15, -0.1) is 5.10 Å². The van der Waals surface area contributed by atoms with E-state index >= 15 is 0 Å². The Balaban J connectivity index is 2.08. The quantitative estimate of drug-likeness (QED) is 0.446. The summed E-state index contributed by atoms with van der Waals surface area (Å²) < 4.78 is 11.1. The molecule has 0 radical (unpaired) electrons. The van der Waals surface area contributed by atoms with E-state index in [0.717, 1.165) is 37.8 Å². The van der Waals surface area contributed by atoms with Crippen molar-refractivity contribution in [3.8, 4) is 5.75 Å². The zero-order valence-electron chi connectivity index (χ0n) is 14.7. The first-order valence-corrected chi connectivity index (χ1v) is 9.15. The second-order valence-electron chi connectivity index (χ2n) is 6.58. The molecule has 0 aromatic carbocycles. The lowest BCUT2D eigenvalue weighted by atomic mass is 9.95. The molecular weight excluding hydrogens is 336 g/mol. The highest BCUT2D eigenvalue weighted by Crippen LogP contribution is 2.39. The molecule has 140 valence electrons. The van der Waals surface area contributed by atoms with E-state index in [1.807, 2.05) is 0 Å². The third kappa shape index (κ3) is 4.37. The first-order chi connectivity index (χ1) is 12.7. The van der Waals surface area contributed by atoms with Crippen molar-refractivity contribution >= 4 is 17.8 Å². The minimum atomic E-state index is -0.680. The van der Waals surface area contributed by atoms with Crippen molar-refractivity contribution < 1.29 is 19.1 Å². The number of nitrogens with zero attached hydrogens (tertiary/aromatic N) is 2. The first kappa shape index (κ1) is 18.3. The molecule has 3 N–H and O–H groups in total. The topological polar surface area (TPSA) is 116 Å². The van der Waals surface area contributed by atoms with Crippen LogP contribution in [0.15, 0.2) is 12.2 Å². The summed E-state index contributed by atoms with van der Waals surface area (Å²) in [6.45, 7) is 0. The van der Waals surface area contributed by atoms with E-state index < -0.39 is 18.0 Å². The molecule has 3 rings (SSSR count). The summed E-state index contributed by atoms with van der Waals surface area (Å²) in [5.74, 6) is 4.63. The van der Waals surface area contributed by atoms with Crippen LogP contribution in [0.1, 0.15) is 68.7 Å². The molecule has 0 bridgehead atoms. The van der Waals surface area contributed by atoms with Crippen LogP contribution in [0.4, 0.5) is 5.82 Å². The van der Waals surface area contributed by atoms with Crippen molar-refractivity contribution in [1.29, 1.82) is 0 Å². The smallest absolute Gasteiger partial charge is 0.336 e. The lowest BCUT2D eigenvalue weighted by Crippen LogP contribution is -2.19. The number of nitrogens with two attached hydrogens (primary N) is 1. The Bertz CT molecular complexity index is 705. The number of ether oxygens (including phenoxy) is 2. The maximum atomic E-state index is 12.1. The molecule has 0 fully saturated rings. The van der Waals surface area contributed by atoms with Crippen LogP contribution < -0.4 is 16.0 Å². The minimum Gasteiger partial charge on any atom is -0.454 e. The molecule has 8 heteroatoms. The van der Waals surface area contributed by atoms with Gasteiger partial charge in [-0.05, 0) is 25.7 Å². The molecule has 26 heavy (non-hydrogen) atoms. The molecule has 1 aromatic heterocycles. The number of carbonyl (C=O) groups is 2. The number of nitrogens with one attached hydrogen (secondary N) is 1. The van der Waals surface area contributed by atoms with E-state index in [1.165, 1.54) is 19.3 Å². The molecule has 0 spiro atoms. The summed E-state index contributed by atoms with van der Waals surface area (Å²) in [5.41, 5.74) is 3.71. The fraction of sp³-hybridized carbons (Fsp3) is 0.556. The highest BCUT2D eigenvalue weighted by molar-refractivity contribution is 5.93. The third-order valence-corrected chi connectivity index (χ3v) is 4.70. The molecule has 1 aromatic rings. The zero-order chi connectivity index (χ0) is 18.4. The Morgan fingerprint density at radius 2 is 1.65 bits per heavy atom. The molecular formula is C18H24N4O4. The Hall–Kier alpha value is -2.48. The summed E-state index contributed by atoms with van der Waals surface area (Å²) >= 11 is 0. The number of aromatic nitrogens is 2. The highest BCUT2D eigenvalue weighted by atomic mass is 16.6. The number of esters is 2. The van der Waals surface area contributed by atoms with Crippen LogP contribution in [0.25, 0.3) is 0 Å². The standard InChI is InChI=1S/C18H24N4O4/c19-20-18-17-16-12(21-22-18)8-6-4-2-1-3-5-7-9-13(16)25-14(23)10-11-15(24)26-17/h10-11,13H,1-9,19H2,(H,20,22)/b11-10+. The van der Waals surface area contributed by atoms with Gasteiger partial charge < -0.3 is 14.9 Å². The van der Waals surface area contributed by atoms with Crippen LogP contribution in [-0.4, -0.2) is 22.1 Å². The largest absolute Gasteiger partial charge is 0.454 e. The maximum absolute atomic E-state index is 12.1. The number of hydrogen-bond donors (Lipinski definition) is 2. The monoisotopic (exact) mass is 360 g/mol. The number of aryl methyl sites for hydroxylation is 1. The highest BCUT2D eigenvalue weighted by Gasteiger charge is 2.29. The average Bonchev–Trinajstić information content (AvgIpc) is 2.68. The predicted octanol–water partition coefficient (Wildman–Crippen LogP) is 2.50. The van der Waals surface area contributed by atoms with Crippen molar-refractivity contribution in [2.24, 2.45) is 5.84 Å². The zero-order valence-corrected chi connectivity index (χ0v) is 14.7. The second kappa shape index (κ2) is 8.75. The van der Waals surface area contributed by atoms with Gasteiger partial charge in [0, 0.05) is 12.2 Å². The van der Waals surface area contributed by atoms with Crippen molar-refractivity contribution in [1.82, 2.24) is 10.2 Å². The van der Waals surface area contributed by atoms with Gasteiger partial charge in [0.05, 0.1) is 11.3 Å². The van der Waals surface area contributed by atoms with Crippen LogP contribution in [0.3, 0.4) is 0 Å². The normalized spacial score (nSPS) is 22.9. The number of hydrazine groups is 1. The minimum absolute atomic E-state index is 0.153. The van der Waals surface area contributed by atoms with Gasteiger partial charge in [-0.25, -0.2) is 15.4 Å². The predicted molar refractivity (Wildman–Crippen MR) is 94.1 cm³/mol. The van der Waals surface area contributed by atoms with Gasteiger partial charge >= 0.3 is 11.9 Å².